The van der Waals surface area contributed by atoms with E-state index in [-0.39, 0.29) is 11.8 Å². The van der Waals surface area contributed by atoms with Gasteiger partial charge in [0.25, 0.3) is 9.68 Å². The lowest BCUT2D eigenvalue weighted by atomic mass is 10.0. The van der Waals surface area contributed by atoms with Crippen molar-refractivity contribution in [1.29, 1.82) is 0 Å². The van der Waals surface area contributed by atoms with E-state index in [9.17, 15) is 0 Å². The molecule has 0 saturated heterocycles. The molecular formula is C12H10BrCl3N2O. The molecule has 2 rings (SSSR count). The second-order valence-corrected chi connectivity index (χ2v) is 7.38. The first-order valence-corrected chi connectivity index (χ1v) is 7.44. The number of hydrogen-bond donors (Lipinski definition) is 0. The highest BCUT2D eigenvalue weighted by Gasteiger charge is 2.31. The highest BCUT2D eigenvalue weighted by atomic mass is 79.9. The summed E-state index contributed by atoms with van der Waals surface area (Å²) in [5.41, 5.74) is 1.18. The molecule has 7 heteroatoms. The molecule has 1 aromatic carbocycles. The van der Waals surface area contributed by atoms with Gasteiger partial charge in [-0.2, -0.15) is 4.98 Å². The number of benzene rings is 1. The van der Waals surface area contributed by atoms with E-state index in [1.54, 1.807) is 0 Å². The summed E-state index contributed by atoms with van der Waals surface area (Å²) in [6.45, 7) is 2.00. The third-order valence-electron chi connectivity index (χ3n) is 2.58. The molecule has 0 aliphatic rings. The van der Waals surface area contributed by atoms with E-state index in [0.717, 1.165) is 10.9 Å². The van der Waals surface area contributed by atoms with Crippen molar-refractivity contribution in [1.82, 2.24) is 10.1 Å². The third-order valence-corrected chi connectivity index (χ3v) is 3.59. The Morgan fingerprint density at radius 1 is 1.26 bits per heavy atom. The van der Waals surface area contributed by atoms with Gasteiger partial charge in [0, 0.05) is 10.4 Å². The lowest BCUT2D eigenvalue weighted by Crippen LogP contribution is -2.03. The van der Waals surface area contributed by atoms with Crippen molar-refractivity contribution in [2.75, 3.05) is 0 Å². The van der Waals surface area contributed by atoms with Crippen LogP contribution in [-0.2, 0) is 10.2 Å². The lowest BCUT2D eigenvalue weighted by molar-refractivity contribution is 0.374. The van der Waals surface area contributed by atoms with Crippen LogP contribution in [0.15, 0.2) is 33.3 Å². The number of hydrogen-bond acceptors (Lipinski definition) is 3. The van der Waals surface area contributed by atoms with Crippen molar-refractivity contribution in [3.8, 4) is 0 Å². The van der Waals surface area contributed by atoms with Gasteiger partial charge in [-0.15, -0.1) is 0 Å². The fourth-order valence-corrected chi connectivity index (χ4v) is 2.11. The van der Waals surface area contributed by atoms with Gasteiger partial charge in [-0.25, -0.2) is 0 Å². The molecule has 0 radical (unpaired) electrons. The van der Waals surface area contributed by atoms with E-state index in [1.165, 1.54) is 5.56 Å². The molecular weight excluding hydrogens is 374 g/mol. The molecule has 1 heterocycles. The standard InChI is InChI=1S/C12H10BrCl3N2O/c1-7(6-8-2-4-9(13)5-3-8)10-17-11(19-18-10)12(14,15)16/h2-5,7H,6H2,1H3. The first-order valence-electron chi connectivity index (χ1n) is 5.51. The Morgan fingerprint density at radius 2 is 1.89 bits per heavy atom. The topological polar surface area (TPSA) is 38.9 Å². The molecule has 0 fully saturated rings. The second-order valence-electron chi connectivity index (χ2n) is 4.19. The molecule has 1 atom stereocenters. The number of rotatable bonds is 3. The van der Waals surface area contributed by atoms with Gasteiger partial charge in [0.15, 0.2) is 5.82 Å². The summed E-state index contributed by atoms with van der Waals surface area (Å²) < 4.78 is 4.31. The summed E-state index contributed by atoms with van der Waals surface area (Å²) in [6.07, 6.45) is 0.784. The summed E-state index contributed by atoms with van der Waals surface area (Å²) in [5, 5.41) is 3.85. The molecule has 3 nitrogen and oxygen atoms in total. The van der Waals surface area contributed by atoms with Gasteiger partial charge in [-0.3, -0.25) is 0 Å². The Morgan fingerprint density at radius 3 is 2.42 bits per heavy atom. The van der Waals surface area contributed by atoms with Crippen LogP contribution in [0.1, 0.15) is 30.1 Å². The van der Waals surface area contributed by atoms with E-state index in [2.05, 4.69) is 26.1 Å². The van der Waals surface area contributed by atoms with Crippen molar-refractivity contribution < 1.29 is 4.52 Å². The average Bonchev–Trinajstić information content (AvgIpc) is 2.81. The fraction of sp³-hybridized carbons (Fsp3) is 0.333. The van der Waals surface area contributed by atoms with E-state index < -0.39 is 3.79 Å². The maximum Gasteiger partial charge on any atom is 0.278 e. The van der Waals surface area contributed by atoms with Crippen molar-refractivity contribution >= 4 is 50.7 Å². The van der Waals surface area contributed by atoms with Crippen LogP contribution in [0.3, 0.4) is 0 Å². The van der Waals surface area contributed by atoms with Gasteiger partial charge >= 0.3 is 0 Å². The average molecular weight is 384 g/mol. The highest BCUT2D eigenvalue weighted by molar-refractivity contribution is 9.10. The van der Waals surface area contributed by atoms with E-state index in [1.807, 2.05) is 31.2 Å². The van der Waals surface area contributed by atoms with E-state index in [0.29, 0.717) is 5.82 Å². The molecule has 0 N–H and O–H groups in total. The van der Waals surface area contributed by atoms with Crippen LogP contribution in [0.2, 0.25) is 0 Å². The molecule has 0 amide bonds. The van der Waals surface area contributed by atoms with Gasteiger partial charge in [0.2, 0.25) is 0 Å². The summed E-state index contributed by atoms with van der Waals surface area (Å²) in [4.78, 5) is 4.11. The molecule has 1 aromatic heterocycles. The summed E-state index contributed by atoms with van der Waals surface area (Å²) in [6, 6.07) is 8.06. The number of halogens is 4. The summed E-state index contributed by atoms with van der Waals surface area (Å²) in [5.74, 6) is 0.602. The number of alkyl halides is 3. The highest BCUT2D eigenvalue weighted by Crippen LogP contribution is 2.37. The first-order chi connectivity index (χ1) is 8.86. The monoisotopic (exact) mass is 382 g/mol. The zero-order valence-electron chi connectivity index (χ0n) is 9.91. The van der Waals surface area contributed by atoms with Crippen LogP contribution in [0.25, 0.3) is 0 Å². The zero-order chi connectivity index (χ0) is 14.0. The molecule has 0 aliphatic heterocycles. The fourth-order valence-electron chi connectivity index (χ4n) is 1.62. The van der Waals surface area contributed by atoms with Gasteiger partial charge in [0.1, 0.15) is 0 Å². The molecule has 102 valence electrons. The minimum atomic E-state index is -1.68. The van der Waals surface area contributed by atoms with Crippen molar-refractivity contribution in [2.45, 2.75) is 23.1 Å². The van der Waals surface area contributed by atoms with Crippen molar-refractivity contribution in [2.24, 2.45) is 0 Å². The third kappa shape index (κ3) is 4.09. The normalized spacial score (nSPS) is 13.5. The maximum atomic E-state index is 5.68. The van der Waals surface area contributed by atoms with Crippen LogP contribution in [0.5, 0.6) is 0 Å². The van der Waals surface area contributed by atoms with Crippen LogP contribution in [0.4, 0.5) is 0 Å². The van der Waals surface area contributed by atoms with E-state index in [4.69, 9.17) is 39.3 Å². The number of aromatic nitrogens is 2. The summed E-state index contributed by atoms with van der Waals surface area (Å²) in [7, 11) is 0. The Kier molecular flexibility index (Phi) is 4.77. The number of nitrogens with zero attached hydrogens (tertiary/aromatic N) is 2. The van der Waals surface area contributed by atoms with Gasteiger partial charge in [0.05, 0.1) is 0 Å². The van der Waals surface area contributed by atoms with Crippen molar-refractivity contribution in [3.63, 3.8) is 0 Å². The first kappa shape index (κ1) is 15.1. The Balaban J connectivity index is 2.09. The Hall–Kier alpha value is -0.290. The van der Waals surface area contributed by atoms with Gasteiger partial charge in [-0.1, -0.05) is 74.9 Å². The molecule has 0 saturated carbocycles. The molecule has 1 unspecified atom stereocenters. The maximum absolute atomic E-state index is 5.68. The molecule has 0 aliphatic carbocycles. The van der Waals surface area contributed by atoms with Crippen LogP contribution in [0, 0.1) is 0 Å². The minimum Gasteiger partial charge on any atom is -0.335 e. The van der Waals surface area contributed by atoms with Crippen LogP contribution >= 0.6 is 50.7 Å². The minimum absolute atomic E-state index is 0.00449. The lowest BCUT2D eigenvalue weighted by Gasteiger charge is -2.07. The molecule has 0 bridgehead atoms. The zero-order valence-corrected chi connectivity index (χ0v) is 13.8. The van der Waals surface area contributed by atoms with Crippen LogP contribution < -0.4 is 0 Å². The van der Waals surface area contributed by atoms with Gasteiger partial charge < -0.3 is 4.52 Å². The van der Waals surface area contributed by atoms with Gasteiger partial charge in [-0.05, 0) is 24.1 Å². The largest absolute Gasteiger partial charge is 0.335 e. The summed E-state index contributed by atoms with van der Waals surface area (Å²) >= 11 is 20.4. The quantitative estimate of drug-likeness (QED) is 0.699. The van der Waals surface area contributed by atoms with Crippen molar-refractivity contribution in [3.05, 3.63) is 46.0 Å². The SMILES string of the molecule is CC(Cc1ccc(Br)cc1)c1noc(C(Cl)(Cl)Cl)n1. The predicted molar refractivity (Wildman–Crippen MR) is 79.8 cm³/mol. The Bertz CT molecular complexity index is 551. The smallest absolute Gasteiger partial charge is 0.278 e. The Labute approximate surface area is 134 Å². The molecule has 19 heavy (non-hydrogen) atoms. The van der Waals surface area contributed by atoms with E-state index >= 15 is 0 Å². The molecule has 2 aromatic rings. The van der Waals surface area contributed by atoms with Crippen LogP contribution in [-0.4, -0.2) is 10.1 Å². The predicted octanol–water partition coefficient (Wildman–Crippen LogP) is 5.01. The molecule has 0 spiro atoms. The second kappa shape index (κ2) is 6.00.